The van der Waals surface area contributed by atoms with Crippen molar-refractivity contribution in [3.63, 3.8) is 0 Å². The number of carbonyl (C=O) groups is 1. The molecule has 0 saturated carbocycles. The Morgan fingerprint density at radius 3 is 2.95 bits per heavy atom. The maximum Gasteiger partial charge on any atom is 0.254 e. The second kappa shape index (κ2) is 7.42. The van der Waals surface area contributed by atoms with Crippen molar-refractivity contribution < 1.29 is 9.90 Å². The van der Waals surface area contributed by atoms with Crippen LogP contribution >= 0.6 is 0 Å². The van der Waals surface area contributed by atoms with Crippen molar-refractivity contribution in [2.45, 2.75) is 0 Å². The van der Waals surface area contributed by atoms with Gasteiger partial charge in [-0.2, -0.15) is 5.10 Å². The zero-order chi connectivity index (χ0) is 15.9. The van der Waals surface area contributed by atoms with E-state index in [1.54, 1.807) is 34.0 Å². The first kappa shape index (κ1) is 15.8. The fourth-order valence-electron chi connectivity index (χ4n) is 2.12. The van der Waals surface area contributed by atoms with E-state index in [4.69, 9.17) is 5.11 Å². The number of carbonyl (C=O) groups excluding carboxylic acids is 1. The minimum absolute atomic E-state index is 0.0762. The topological polar surface area (TPSA) is 70.4 Å². The average molecular weight is 300 g/mol. The number of rotatable bonds is 7. The van der Waals surface area contributed by atoms with Crippen molar-refractivity contribution >= 4 is 17.3 Å². The molecule has 0 fully saturated rings. The van der Waals surface area contributed by atoms with Gasteiger partial charge in [0.25, 0.3) is 5.91 Å². The van der Waals surface area contributed by atoms with E-state index in [2.05, 4.69) is 17.0 Å². The first-order chi connectivity index (χ1) is 10.6. The fourth-order valence-corrected chi connectivity index (χ4v) is 2.12. The molecule has 0 aliphatic heterocycles. The standard InChI is InChI=1S/C16H20N4O2/c1-3-7-20(8-9-21)16(22)13-5-4-6-14(10-13)18-15-11-17-19(2)12-15/h3-6,10-12,18,21H,1,7-9H2,2H3. The van der Waals surface area contributed by atoms with E-state index in [0.717, 1.165) is 11.4 Å². The number of nitrogens with one attached hydrogen (secondary N) is 1. The second-order valence-corrected chi connectivity index (χ2v) is 4.87. The van der Waals surface area contributed by atoms with Gasteiger partial charge in [0, 0.05) is 37.6 Å². The Morgan fingerprint density at radius 1 is 1.50 bits per heavy atom. The summed E-state index contributed by atoms with van der Waals surface area (Å²) < 4.78 is 1.70. The van der Waals surface area contributed by atoms with Gasteiger partial charge in [-0.25, -0.2) is 0 Å². The third kappa shape index (κ3) is 3.95. The summed E-state index contributed by atoms with van der Waals surface area (Å²) in [6, 6.07) is 7.23. The highest BCUT2D eigenvalue weighted by Gasteiger charge is 2.14. The molecule has 1 aromatic heterocycles. The van der Waals surface area contributed by atoms with Crippen molar-refractivity contribution in [1.29, 1.82) is 0 Å². The number of aromatic nitrogens is 2. The minimum Gasteiger partial charge on any atom is -0.395 e. The van der Waals surface area contributed by atoms with E-state index in [1.165, 1.54) is 0 Å². The molecule has 0 atom stereocenters. The van der Waals surface area contributed by atoms with Gasteiger partial charge in [0.05, 0.1) is 18.5 Å². The first-order valence-corrected chi connectivity index (χ1v) is 7.01. The molecule has 2 N–H and O–H groups in total. The number of nitrogens with zero attached hydrogens (tertiary/aromatic N) is 3. The van der Waals surface area contributed by atoms with E-state index >= 15 is 0 Å². The van der Waals surface area contributed by atoms with Gasteiger partial charge in [0.1, 0.15) is 0 Å². The van der Waals surface area contributed by atoms with Gasteiger partial charge < -0.3 is 15.3 Å². The Kier molecular flexibility index (Phi) is 5.32. The van der Waals surface area contributed by atoms with Crippen molar-refractivity contribution in [2.24, 2.45) is 7.05 Å². The molecular weight excluding hydrogens is 280 g/mol. The highest BCUT2D eigenvalue weighted by Crippen LogP contribution is 2.18. The quantitative estimate of drug-likeness (QED) is 0.765. The molecule has 2 rings (SSSR count). The molecular formula is C16H20N4O2. The Bertz CT molecular complexity index is 651. The number of amides is 1. The number of anilines is 2. The van der Waals surface area contributed by atoms with Crippen molar-refractivity contribution in [2.75, 3.05) is 25.0 Å². The lowest BCUT2D eigenvalue weighted by atomic mass is 10.1. The van der Waals surface area contributed by atoms with Gasteiger partial charge in [0.2, 0.25) is 0 Å². The van der Waals surface area contributed by atoms with Crippen LogP contribution in [0.2, 0.25) is 0 Å². The zero-order valence-electron chi connectivity index (χ0n) is 12.6. The van der Waals surface area contributed by atoms with Crippen LogP contribution in [0.3, 0.4) is 0 Å². The number of hydrogen-bond donors (Lipinski definition) is 2. The molecule has 0 bridgehead atoms. The molecule has 22 heavy (non-hydrogen) atoms. The summed E-state index contributed by atoms with van der Waals surface area (Å²) in [4.78, 5) is 14.0. The lowest BCUT2D eigenvalue weighted by Gasteiger charge is -2.20. The lowest BCUT2D eigenvalue weighted by Crippen LogP contribution is -2.33. The molecule has 116 valence electrons. The number of aliphatic hydroxyl groups is 1. The summed E-state index contributed by atoms with van der Waals surface area (Å²) in [5.74, 6) is -0.135. The Labute approximate surface area is 129 Å². The highest BCUT2D eigenvalue weighted by molar-refractivity contribution is 5.95. The van der Waals surface area contributed by atoms with Crippen molar-refractivity contribution in [3.05, 3.63) is 54.9 Å². The van der Waals surface area contributed by atoms with E-state index in [9.17, 15) is 4.79 Å². The molecule has 1 heterocycles. The normalized spacial score (nSPS) is 10.3. The number of benzene rings is 1. The van der Waals surface area contributed by atoms with Crippen LogP contribution in [0, 0.1) is 0 Å². The maximum atomic E-state index is 12.5. The lowest BCUT2D eigenvalue weighted by molar-refractivity contribution is 0.0743. The highest BCUT2D eigenvalue weighted by atomic mass is 16.3. The summed E-state index contributed by atoms with van der Waals surface area (Å²) in [7, 11) is 1.84. The predicted molar refractivity (Wildman–Crippen MR) is 86.1 cm³/mol. The SMILES string of the molecule is C=CCN(CCO)C(=O)c1cccc(Nc2cnn(C)c2)c1. The first-order valence-electron chi connectivity index (χ1n) is 7.01. The molecule has 0 saturated heterocycles. The van der Waals surface area contributed by atoms with Gasteiger partial charge in [-0.1, -0.05) is 12.1 Å². The van der Waals surface area contributed by atoms with Gasteiger partial charge in [-0.05, 0) is 18.2 Å². The summed E-state index contributed by atoms with van der Waals surface area (Å²) in [6.45, 7) is 4.25. The molecule has 1 aromatic carbocycles. The summed E-state index contributed by atoms with van der Waals surface area (Å²) in [6.07, 6.45) is 5.21. The molecule has 6 heteroatoms. The van der Waals surface area contributed by atoms with Crippen LogP contribution in [-0.2, 0) is 7.05 Å². The van der Waals surface area contributed by atoms with E-state index < -0.39 is 0 Å². The van der Waals surface area contributed by atoms with Gasteiger partial charge >= 0.3 is 0 Å². The van der Waals surface area contributed by atoms with E-state index in [-0.39, 0.29) is 19.1 Å². The van der Waals surface area contributed by atoms with Crippen LogP contribution in [0.1, 0.15) is 10.4 Å². The summed E-state index contributed by atoms with van der Waals surface area (Å²) in [5.41, 5.74) is 2.22. The smallest absolute Gasteiger partial charge is 0.254 e. The van der Waals surface area contributed by atoms with Crippen LogP contribution < -0.4 is 5.32 Å². The molecule has 0 aliphatic carbocycles. The third-order valence-electron chi connectivity index (χ3n) is 3.11. The third-order valence-corrected chi connectivity index (χ3v) is 3.11. The number of aryl methyl sites for hydroxylation is 1. The van der Waals surface area contributed by atoms with Gasteiger partial charge in [0.15, 0.2) is 0 Å². The number of aliphatic hydroxyl groups excluding tert-OH is 1. The van der Waals surface area contributed by atoms with Crippen molar-refractivity contribution in [1.82, 2.24) is 14.7 Å². The molecule has 1 amide bonds. The Balaban J connectivity index is 2.15. The van der Waals surface area contributed by atoms with Crippen LogP contribution in [0.15, 0.2) is 49.3 Å². The van der Waals surface area contributed by atoms with Crippen LogP contribution in [0.5, 0.6) is 0 Å². The second-order valence-electron chi connectivity index (χ2n) is 4.87. The molecule has 2 aromatic rings. The Morgan fingerprint density at radius 2 is 2.32 bits per heavy atom. The monoisotopic (exact) mass is 300 g/mol. The molecule has 6 nitrogen and oxygen atoms in total. The van der Waals surface area contributed by atoms with Gasteiger partial charge in [-0.3, -0.25) is 9.48 Å². The molecule has 0 aliphatic rings. The molecule has 0 unspecified atom stereocenters. The predicted octanol–water partition coefficient (Wildman–Crippen LogP) is 1.78. The summed E-state index contributed by atoms with van der Waals surface area (Å²) in [5, 5.41) is 16.3. The van der Waals surface area contributed by atoms with E-state index in [1.807, 2.05) is 25.4 Å². The summed E-state index contributed by atoms with van der Waals surface area (Å²) >= 11 is 0. The van der Waals surface area contributed by atoms with Crippen LogP contribution in [0.4, 0.5) is 11.4 Å². The molecule has 0 radical (unpaired) electrons. The Hall–Kier alpha value is -2.60. The average Bonchev–Trinajstić information content (AvgIpc) is 2.92. The van der Waals surface area contributed by atoms with Crippen molar-refractivity contribution in [3.8, 4) is 0 Å². The van der Waals surface area contributed by atoms with Gasteiger partial charge in [-0.15, -0.1) is 6.58 Å². The maximum absolute atomic E-state index is 12.5. The van der Waals surface area contributed by atoms with Crippen LogP contribution in [0.25, 0.3) is 0 Å². The minimum atomic E-state index is -0.135. The van der Waals surface area contributed by atoms with Crippen LogP contribution in [-0.4, -0.2) is 45.4 Å². The van der Waals surface area contributed by atoms with E-state index in [0.29, 0.717) is 12.1 Å². The fraction of sp³-hybridized carbons (Fsp3) is 0.250. The largest absolute Gasteiger partial charge is 0.395 e. The molecule has 0 spiro atoms. The number of hydrogen-bond acceptors (Lipinski definition) is 4. The zero-order valence-corrected chi connectivity index (χ0v) is 12.6.